The molecule has 2 aromatic rings. The molecule has 0 aliphatic carbocycles. The summed E-state index contributed by atoms with van der Waals surface area (Å²) in [6.07, 6.45) is -4.45. The Hall–Kier alpha value is -2.70. The van der Waals surface area contributed by atoms with Crippen molar-refractivity contribution in [2.24, 2.45) is 0 Å². The Labute approximate surface area is 131 Å². The minimum absolute atomic E-state index is 0.132. The minimum Gasteiger partial charge on any atom is -0.497 e. The van der Waals surface area contributed by atoms with E-state index in [2.05, 4.69) is 5.32 Å². The highest BCUT2D eigenvalue weighted by Crippen LogP contribution is 2.23. The molecule has 0 aromatic heterocycles. The molecule has 7 heteroatoms. The van der Waals surface area contributed by atoms with Gasteiger partial charge < -0.3 is 15.4 Å². The van der Waals surface area contributed by atoms with Gasteiger partial charge in [0.25, 0.3) is 5.91 Å². The summed E-state index contributed by atoms with van der Waals surface area (Å²) in [6, 6.07) is 13.3. The lowest BCUT2D eigenvalue weighted by molar-refractivity contribution is -0.123. The van der Waals surface area contributed by atoms with Crippen LogP contribution >= 0.6 is 0 Å². The smallest absolute Gasteiger partial charge is 0.405 e. The number of hydrogen-bond donors (Lipinski definition) is 2. The van der Waals surface area contributed by atoms with Crippen molar-refractivity contribution in [2.75, 3.05) is 19.0 Å². The molecule has 2 N–H and O–H groups in total. The summed E-state index contributed by atoms with van der Waals surface area (Å²) in [5.41, 5.74) is 1.23. The number of carbonyl (C=O) groups excluding carboxylic acids is 1. The molecule has 2 rings (SSSR count). The van der Waals surface area contributed by atoms with Crippen LogP contribution in [0.15, 0.2) is 48.5 Å². The molecule has 0 unspecified atom stereocenters. The molecule has 0 radical (unpaired) electrons. The number of hydrogen-bond acceptors (Lipinski definition) is 3. The number of anilines is 2. The van der Waals surface area contributed by atoms with Crippen LogP contribution in [-0.4, -0.2) is 25.7 Å². The van der Waals surface area contributed by atoms with Crippen molar-refractivity contribution in [1.29, 1.82) is 0 Å². The fraction of sp³-hybridized carbons (Fsp3) is 0.188. The van der Waals surface area contributed by atoms with Crippen LogP contribution in [0.2, 0.25) is 0 Å². The first kappa shape index (κ1) is 16.7. The zero-order chi connectivity index (χ0) is 16.9. The van der Waals surface area contributed by atoms with E-state index in [1.807, 2.05) is 5.32 Å². The molecule has 122 valence electrons. The second kappa shape index (κ2) is 7.04. The zero-order valence-corrected chi connectivity index (χ0v) is 12.3. The van der Waals surface area contributed by atoms with E-state index in [1.54, 1.807) is 49.6 Å². The molecule has 2 aromatic carbocycles. The van der Waals surface area contributed by atoms with Crippen LogP contribution in [0.25, 0.3) is 0 Å². The van der Waals surface area contributed by atoms with Crippen LogP contribution in [0.1, 0.15) is 10.4 Å². The second-order valence-electron chi connectivity index (χ2n) is 4.70. The summed E-state index contributed by atoms with van der Waals surface area (Å²) in [4.78, 5) is 11.9. The van der Waals surface area contributed by atoms with Crippen LogP contribution < -0.4 is 15.4 Å². The molecule has 0 saturated heterocycles. The SMILES string of the molecule is COc1ccc(Nc2ccccc2C(=O)NCC(F)(F)F)cc1. The van der Waals surface area contributed by atoms with Gasteiger partial charge in [-0.05, 0) is 36.4 Å². The molecule has 4 nitrogen and oxygen atoms in total. The van der Waals surface area contributed by atoms with E-state index in [1.165, 1.54) is 6.07 Å². The average Bonchev–Trinajstić information content (AvgIpc) is 2.53. The third kappa shape index (κ3) is 4.91. The number of methoxy groups -OCH3 is 1. The monoisotopic (exact) mass is 324 g/mol. The number of carbonyl (C=O) groups is 1. The van der Waals surface area contributed by atoms with Crippen molar-refractivity contribution in [3.05, 3.63) is 54.1 Å². The van der Waals surface area contributed by atoms with Gasteiger partial charge in [-0.3, -0.25) is 4.79 Å². The number of nitrogens with one attached hydrogen (secondary N) is 2. The van der Waals surface area contributed by atoms with Crippen LogP contribution in [0, 0.1) is 0 Å². The summed E-state index contributed by atoms with van der Waals surface area (Å²) in [5, 5.41) is 4.86. The molecule has 0 heterocycles. The lowest BCUT2D eigenvalue weighted by Gasteiger charge is -2.13. The first-order valence-corrected chi connectivity index (χ1v) is 6.74. The quantitative estimate of drug-likeness (QED) is 0.881. The predicted octanol–water partition coefficient (Wildman–Crippen LogP) is 3.73. The van der Waals surface area contributed by atoms with Crippen LogP contribution in [0.5, 0.6) is 5.75 Å². The van der Waals surface area contributed by atoms with E-state index >= 15 is 0 Å². The van der Waals surface area contributed by atoms with Gasteiger partial charge in [0, 0.05) is 5.69 Å². The Bertz CT molecular complexity index is 670. The summed E-state index contributed by atoms with van der Waals surface area (Å²) < 4.78 is 41.7. The fourth-order valence-electron chi connectivity index (χ4n) is 1.90. The molecule has 0 fully saturated rings. The Balaban J connectivity index is 2.14. The van der Waals surface area contributed by atoms with Crippen LogP contribution in [0.3, 0.4) is 0 Å². The maximum absolute atomic E-state index is 12.2. The highest BCUT2D eigenvalue weighted by Gasteiger charge is 2.28. The maximum Gasteiger partial charge on any atom is 0.405 e. The third-order valence-corrected chi connectivity index (χ3v) is 2.99. The van der Waals surface area contributed by atoms with Gasteiger partial charge in [-0.1, -0.05) is 12.1 Å². The number of alkyl halides is 3. The van der Waals surface area contributed by atoms with Gasteiger partial charge in [0.2, 0.25) is 0 Å². The molecule has 0 bridgehead atoms. The molecule has 23 heavy (non-hydrogen) atoms. The van der Waals surface area contributed by atoms with Crippen LogP contribution in [0.4, 0.5) is 24.5 Å². The van der Waals surface area contributed by atoms with Crippen molar-refractivity contribution in [1.82, 2.24) is 5.32 Å². The van der Waals surface area contributed by atoms with Gasteiger partial charge >= 0.3 is 6.18 Å². The lowest BCUT2D eigenvalue weighted by Crippen LogP contribution is -2.34. The topological polar surface area (TPSA) is 50.4 Å². The Morgan fingerprint density at radius 3 is 2.35 bits per heavy atom. The van der Waals surface area contributed by atoms with Gasteiger partial charge in [0.15, 0.2) is 0 Å². The molecule has 0 atom stereocenters. The molecular formula is C16H15F3N2O2. The Morgan fingerprint density at radius 1 is 1.09 bits per heavy atom. The molecule has 0 aliphatic rings. The molecule has 0 spiro atoms. The van der Waals surface area contributed by atoms with Crippen LogP contribution in [-0.2, 0) is 0 Å². The number of halogens is 3. The largest absolute Gasteiger partial charge is 0.497 e. The molecule has 0 aliphatic heterocycles. The zero-order valence-electron chi connectivity index (χ0n) is 12.3. The highest BCUT2D eigenvalue weighted by atomic mass is 19.4. The number of ether oxygens (including phenoxy) is 1. The van der Waals surface area contributed by atoms with Crippen molar-refractivity contribution >= 4 is 17.3 Å². The number of benzene rings is 2. The van der Waals surface area contributed by atoms with E-state index < -0.39 is 18.6 Å². The number of rotatable bonds is 5. The van der Waals surface area contributed by atoms with Crippen molar-refractivity contribution < 1.29 is 22.7 Å². The average molecular weight is 324 g/mol. The van der Waals surface area contributed by atoms with E-state index in [0.717, 1.165) is 0 Å². The van der Waals surface area contributed by atoms with Gasteiger partial charge in [0.05, 0.1) is 18.4 Å². The minimum atomic E-state index is -4.45. The van der Waals surface area contributed by atoms with E-state index in [-0.39, 0.29) is 5.56 Å². The summed E-state index contributed by atoms with van der Waals surface area (Å²) in [7, 11) is 1.54. The summed E-state index contributed by atoms with van der Waals surface area (Å²) >= 11 is 0. The maximum atomic E-state index is 12.2. The van der Waals surface area contributed by atoms with Crippen molar-refractivity contribution in [3.8, 4) is 5.75 Å². The normalized spacial score (nSPS) is 11.0. The first-order valence-electron chi connectivity index (χ1n) is 6.74. The summed E-state index contributed by atoms with van der Waals surface area (Å²) in [5.74, 6) is -0.120. The van der Waals surface area contributed by atoms with Gasteiger partial charge in [-0.2, -0.15) is 13.2 Å². The van der Waals surface area contributed by atoms with Crippen molar-refractivity contribution in [2.45, 2.75) is 6.18 Å². The molecular weight excluding hydrogens is 309 g/mol. The molecule has 0 saturated carbocycles. The molecule has 1 amide bonds. The third-order valence-electron chi connectivity index (χ3n) is 2.99. The second-order valence-corrected chi connectivity index (χ2v) is 4.70. The van der Waals surface area contributed by atoms with Crippen molar-refractivity contribution in [3.63, 3.8) is 0 Å². The van der Waals surface area contributed by atoms with E-state index in [9.17, 15) is 18.0 Å². The number of amides is 1. The predicted molar refractivity (Wildman–Crippen MR) is 81.1 cm³/mol. The Morgan fingerprint density at radius 2 is 1.74 bits per heavy atom. The van der Waals surface area contributed by atoms with E-state index in [0.29, 0.717) is 17.1 Å². The van der Waals surface area contributed by atoms with E-state index in [4.69, 9.17) is 4.74 Å². The number of para-hydroxylation sites is 1. The lowest BCUT2D eigenvalue weighted by atomic mass is 10.1. The van der Waals surface area contributed by atoms with Gasteiger partial charge in [-0.15, -0.1) is 0 Å². The standard InChI is InChI=1S/C16H15F3N2O2/c1-23-12-8-6-11(7-9-12)21-14-5-3-2-4-13(14)15(22)20-10-16(17,18)19/h2-9,21H,10H2,1H3,(H,20,22). The fourth-order valence-corrected chi connectivity index (χ4v) is 1.90. The Kier molecular flexibility index (Phi) is 5.10. The highest BCUT2D eigenvalue weighted by molar-refractivity contribution is 6.00. The first-order chi connectivity index (χ1) is 10.9. The van der Waals surface area contributed by atoms with Gasteiger partial charge in [-0.25, -0.2) is 0 Å². The summed E-state index contributed by atoms with van der Waals surface area (Å²) in [6.45, 7) is -1.37. The van der Waals surface area contributed by atoms with Gasteiger partial charge in [0.1, 0.15) is 12.3 Å².